The van der Waals surface area contributed by atoms with E-state index >= 15 is 0 Å². The predicted octanol–water partition coefficient (Wildman–Crippen LogP) is 0.524. The number of nitrogens with zero attached hydrogens (tertiary/aromatic N) is 1. The van der Waals surface area contributed by atoms with Crippen LogP contribution in [0, 0.1) is 0 Å². The first-order valence-electron chi connectivity index (χ1n) is 6.52. The largest absolute Gasteiger partial charge is 0.504 e. The van der Waals surface area contributed by atoms with Crippen LogP contribution < -0.4 is 9.64 Å². The van der Waals surface area contributed by atoms with Crippen molar-refractivity contribution in [2.24, 2.45) is 0 Å². The maximum Gasteiger partial charge on any atom is 0.346 e. The highest BCUT2D eigenvalue weighted by molar-refractivity contribution is 5.98. The van der Waals surface area contributed by atoms with Gasteiger partial charge in [-0.05, 0) is 12.1 Å². The van der Waals surface area contributed by atoms with E-state index in [-0.39, 0.29) is 36.6 Å². The highest BCUT2D eigenvalue weighted by atomic mass is 16.5. The average molecular weight is 309 g/mol. The van der Waals surface area contributed by atoms with Gasteiger partial charge in [0.1, 0.15) is 0 Å². The van der Waals surface area contributed by atoms with Crippen LogP contribution in [0.2, 0.25) is 0 Å². The highest BCUT2D eigenvalue weighted by Crippen LogP contribution is 2.40. The van der Waals surface area contributed by atoms with Crippen LogP contribution in [0.1, 0.15) is 12.8 Å². The van der Waals surface area contributed by atoms with Gasteiger partial charge < -0.3 is 24.6 Å². The lowest BCUT2D eigenvalue weighted by Gasteiger charge is -2.33. The maximum absolute atomic E-state index is 12.2. The molecule has 1 unspecified atom stereocenters. The van der Waals surface area contributed by atoms with Gasteiger partial charge in [-0.3, -0.25) is 9.59 Å². The van der Waals surface area contributed by atoms with Crippen molar-refractivity contribution >= 4 is 23.5 Å². The van der Waals surface area contributed by atoms with E-state index in [1.54, 1.807) is 0 Å². The number of anilines is 1. The van der Waals surface area contributed by atoms with Crippen LogP contribution in [-0.2, 0) is 19.1 Å². The fourth-order valence-electron chi connectivity index (χ4n) is 2.10. The lowest BCUT2D eigenvalue weighted by Crippen LogP contribution is -2.47. The molecule has 1 amide bonds. The van der Waals surface area contributed by atoms with Crippen LogP contribution in [0.3, 0.4) is 0 Å². The van der Waals surface area contributed by atoms with E-state index in [1.807, 2.05) is 0 Å². The van der Waals surface area contributed by atoms with Crippen molar-refractivity contribution in [3.8, 4) is 11.5 Å². The zero-order valence-electron chi connectivity index (χ0n) is 11.8. The van der Waals surface area contributed by atoms with E-state index in [0.29, 0.717) is 0 Å². The molecule has 118 valence electrons. The summed E-state index contributed by atoms with van der Waals surface area (Å²) in [5.41, 5.74) is 0.271. The first kappa shape index (κ1) is 15.6. The molecule has 0 fully saturated rings. The molecule has 2 N–H and O–H groups in total. The molecule has 0 bridgehead atoms. The standard InChI is InChI=1S/C14H15NO7/c1-21-12(18)6-5-11(17)15-7-10(14(19)20)22-13-8(15)3-2-4-9(13)16/h2-4,10,16H,5-7H2,1H3,(H,19,20). The second-order valence-electron chi connectivity index (χ2n) is 4.65. The minimum atomic E-state index is -1.29. The van der Waals surface area contributed by atoms with E-state index in [0.717, 1.165) is 0 Å². The number of esters is 1. The lowest BCUT2D eigenvalue weighted by molar-refractivity contribution is -0.145. The molecule has 0 saturated carbocycles. The van der Waals surface area contributed by atoms with Crippen molar-refractivity contribution in [1.82, 2.24) is 0 Å². The SMILES string of the molecule is COC(=O)CCC(=O)N1CC(C(=O)O)Oc2c(O)cccc21. The first-order chi connectivity index (χ1) is 10.4. The fourth-order valence-corrected chi connectivity index (χ4v) is 2.10. The quantitative estimate of drug-likeness (QED) is 0.779. The molecule has 2 rings (SSSR count). The Balaban J connectivity index is 2.26. The van der Waals surface area contributed by atoms with Crippen molar-refractivity contribution in [1.29, 1.82) is 0 Å². The number of aliphatic carboxylic acids is 1. The van der Waals surface area contributed by atoms with E-state index in [9.17, 15) is 19.5 Å². The van der Waals surface area contributed by atoms with Crippen LogP contribution in [0.15, 0.2) is 18.2 Å². The number of benzene rings is 1. The van der Waals surface area contributed by atoms with Gasteiger partial charge >= 0.3 is 11.9 Å². The van der Waals surface area contributed by atoms with Crippen molar-refractivity contribution in [2.75, 3.05) is 18.6 Å². The van der Waals surface area contributed by atoms with Crippen molar-refractivity contribution in [3.05, 3.63) is 18.2 Å². The Morgan fingerprint density at radius 1 is 1.36 bits per heavy atom. The van der Waals surface area contributed by atoms with Gasteiger partial charge in [-0.15, -0.1) is 0 Å². The van der Waals surface area contributed by atoms with Gasteiger partial charge in [-0.25, -0.2) is 4.79 Å². The summed E-state index contributed by atoms with van der Waals surface area (Å²) < 4.78 is 9.68. The summed E-state index contributed by atoms with van der Waals surface area (Å²) >= 11 is 0. The Morgan fingerprint density at radius 3 is 2.73 bits per heavy atom. The number of carboxylic acids is 1. The summed E-state index contributed by atoms with van der Waals surface area (Å²) in [6.07, 6.45) is -1.53. The molecule has 1 aliphatic heterocycles. The Labute approximate surface area is 125 Å². The molecule has 22 heavy (non-hydrogen) atoms. The summed E-state index contributed by atoms with van der Waals surface area (Å²) in [5.74, 6) is -2.55. The molecule has 0 saturated heterocycles. The third-order valence-corrected chi connectivity index (χ3v) is 3.22. The number of carbonyl (C=O) groups is 3. The van der Waals surface area contributed by atoms with E-state index in [1.165, 1.54) is 30.2 Å². The van der Waals surface area contributed by atoms with Crippen molar-refractivity contribution in [2.45, 2.75) is 18.9 Å². The van der Waals surface area contributed by atoms with Crippen LogP contribution >= 0.6 is 0 Å². The van der Waals surface area contributed by atoms with Crippen LogP contribution in [0.4, 0.5) is 5.69 Å². The van der Waals surface area contributed by atoms with Gasteiger partial charge in [-0.2, -0.15) is 0 Å². The van der Waals surface area contributed by atoms with Gasteiger partial charge in [0.05, 0.1) is 25.8 Å². The number of aromatic hydroxyl groups is 1. The summed E-state index contributed by atoms with van der Waals surface area (Å²) in [6, 6.07) is 4.38. The molecule has 8 heteroatoms. The van der Waals surface area contributed by atoms with Crippen molar-refractivity contribution in [3.63, 3.8) is 0 Å². The zero-order chi connectivity index (χ0) is 16.3. The van der Waals surface area contributed by atoms with Gasteiger partial charge in [0.2, 0.25) is 12.0 Å². The number of carbonyl (C=O) groups excluding carboxylic acids is 2. The van der Waals surface area contributed by atoms with Crippen LogP contribution in [0.25, 0.3) is 0 Å². The number of phenolic OH excluding ortho intramolecular Hbond substituents is 1. The third kappa shape index (κ3) is 3.11. The molecule has 0 aromatic heterocycles. The predicted molar refractivity (Wildman–Crippen MR) is 73.8 cm³/mol. The van der Waals surface area contributed by atoms with Crippen LogP contribution in [0.5, 0.6) is 11.5 Å². The third-order valence-electron chi connectivity index (χ3n) is 3.22. The summed E-state index contributed by atoms with van der Waals surface area (Å²) in [6.45, 7) is -0.203. The molecule has 1 aromatic rings. The summed E-state index contributed by atoms with van der Waals surface area (Å²) in [7, 11) is 1.22. The number of phenols is 1. The molecular formula is C14H15NO7. The minimum absolute atomic E-state index is 0.0624. The maximum atomic E-state index is 12.2. The average Bonchev–Trinajstić information content (AvgIpc) is 2.51. The number of methoxy groups -OCH3 is 1. The highest BCUT2D eigenvalue weighted by Gasteiger charge is 2.35. The van der Waals surface area contributed by atoms with E-state index in [4.69, 9.17) is 9.84 Å². The Hall–Kier alpha value is -2.77. The number of hydrogen-bond acceptors (Lipinski definition) is 6. The lowest BCUT2D eigenvalue weighted by atomic mass is 10.1. The smallest absolute Gasteiger partial charge is 0.346 e. The molecule has 0 aliphatic carbocycles. The monoisotopic (exact) mass is 309 g/mol. The second-order valence-corrected chi connectivity index (χ2v) is 4.65. The molecule has 1 aliphatic rings. The van der Waals surface area contributed by atoms with Gasteiger partial charge in [0, 0.05) is 6.42 Å². The Kier molecular flexibility index (Phi) is 4.50. The van der Waals surface area contributed by atoms with Gasteiger partial charge in [0.15, 0.2) is 11.5 Å². The zero-order valence-corrected chi connectivity index (χ0v) is 11.8. The molecule has 8 nitrogen and oxygen atoms in total. The number of hydrogen-bond donors (Lipinski definition) is 2. The number of rotatable bonds is 4. The Morgan fingerprint density at radius 2 is 2.09 bits per heavy atom. The number of fused-ring (bicyclic) bond motifs is 1. The number of amides is 1. The Bertz CT molecular complexity index is 613. The van der Waals surface area contributed by atoms with E-state index < -0.39 is 23.9 Å². The number of para-hydroxylation sites is 1. The number of ether oxygens (including phenoxy) is 2. The molecule has 0 radical (unpaired) electrons. The summed E-state index contributed by atoms with van der Waals surface area (Å²) in [5, 5.41) is 18.9. The molecule has 1 heterocycles. The topological polar surface area (TPSA) is 113 Å². The second kappa shape index (κ2) is 6.33. The molecule has 1 aromatic carbocycles. The van der Waals surface area contributed by atoms with Crippen LogP contribution in [-0.4, -0.2) is 47.8 Å². The van der Waals surface area contributed by atoms with Gasteiger partial charge in [0.25, 0.3) is 0 Å². The summed E-state index contributed by atoms with van der Waals surface area (Å²) in [4.78, 5) is 35.7. The normalized spacial score (nSPS) is 16.4. The molecule has 0 spiro atoms. The fraction of sp³-hybridized carbons (Fsp3) is 0.357. The van der Waals surface area contributed by atoms with E-state index in [2.05, 4.69) is 4.74 Å². The van der Waals surface area contributed by atoms with Crippen molar-refractivity contribution < 1.29 is 34.1 Å². The molecule has 1 atom stereocenters. The minimum Gasteiger partial charge on any atom is -0.504 e. The molecular weight excluding hydrogens is 294 g/mol. The van der Waals surface area contributed by atoms with Gasteiger partial charge in [-0.1, -0.05) is 6.07 Å². The number of carboxylic acid groups (broad SMARTS) is 1. The first-order valence-corrected chi connectivity index (χ1v) is 6.52.